The second kappa shape index (κ2) is 4.86. The largest absolute Gasteiger partial charge is 0.298 e. The molecule has 1 nitrogen and oxygen atoms in total. The number of aldehydes is 1. The first-order valence-corrected chi connectivity index (χ1v) is 5.62. The highest BCUT2D eigenvalue weighted by Gasteiger charge is 2.16. The summed E-state index contributed by atoms with van der Waals surface area (Å²) in [5.41, 5.74) is 0.478. The van der Waals surface area contributed by atoms with Crippen LogP contribution in [0.5, 0.6) is 0 Å². The molecule has 2 aromatic rings. The maximum atomic E-state index is 14.0. The first-order valence-electron chi connectivity index (χ1n) is 5.24. The van der Waals surface area contributed by atoms with Crippen LogP contribution in [0, 0.1) is 18.6 Å². The summed E-state index contributed by atoms with van der Waals surface area (Å²) in [6.07, 6.45) is 0.530. The van der Waals surface area contributed by atoms with Crippen LogP contribution in [-0.4, -0.2) is 6.29 Å². The maximum absolute atomic E-state index is 14.0. The Kier molecular flexibility index (Phi) is 3.43. The Balaban J connectivity index is 2.77. The van der Waals surface area contributed by atoms with Crippen molar-refractivity contribution in [1.82, 2.24) is 0 Å². The molecule has 0 aliphatic heterocycles. The lowest BCUT2D eigenvalue weighted by Crippen LogP contribution is -1.96. The van der Waals surface area contributed by atoms with E-state index in [0.717, 1.165) is 0 Å². The molecule has 0 fully saturated rings. The van der Waals surface area contributed by atoms with E-state index >= 15 is 0 Å². The van der Waals surface area contributed by atoms with Crippen molar-refractivity contribution >= 4 is 17.9 Å². The van der Waals surface area contributed by atoms with Gasteiger partial charge in [0.05, 0.1) is 5.56 Å². The van der Waals surface area contributed by atoms with Gasteiger partial charge in [-0.25, -0.2) is 8.78 Å². The van der Waals surface area contributed by atoms with E-state index in [1.165, 1.54) is 37.3 Å². The SMILES string of the molecule is Cc1ccc(F)c(-c2ccc(Cl)cc2C=O)c1F. The number of carbonyl (C=O) groups excluding carboxylic acids is 1. The van der Waals surface area contributed by atoms with E-state index in [9.17, 15) is 13.6 Å². The van der Waals surface area contributed by atoms with Gasteiger partial charge in [0.25, 0.3) is 0 Å². The summed E-state index contributed by atoms with van der Waals surface area (Å²) in [6, 6.07) is 6.84. The van der Waals surface area contributed by atoms with Gasteiger partial charge in [0, 0.05) is 10.6 Å². The molecule has 0 N–H and O–H groups in total. The average Bonchev–Trinajstić information content (AvgIpc) is 2.36. The van der Waals surface area contributed by atoms with E-state index in [4.69, 9.17) is 11.6 Å². The first-order chi connectivity index (χ1) is 8.54. The second-order valence-corrected chi connectivity index (χ2v) is 4.34. The molecule has 0 heterocycles. The highest BCUT2D eigenvalue weighted by atomic mass is 35.5. The second-order valence-electron chi connectivity index (χ2n) is 3.90. The molecule has 4 heteroatoms. The molecule has 0 aromatic heterocycles. The molecular weight excluding hydrogens is 258 g/mol. The summed E-state index contributed by atoms with van der Waals surface area (Å²) in [5, 5.41) is 0.342. The van der Waals surface area contributed by atoms with Crippen LogP contribution in [0.4, 0.5) is 8.78 Å². The van der Waals surface area contributed by atoms with Crippen LogP contribution >= 0.6 is 11.6 Å². The average molecular weight is 267 g/mol. The van der Waals surface area contributed by atoms with E-state index in [1.54, 1.807) is 0 Å². The Bertz CT molecular complexity index is 623. The molecule has 0 unspecified atom stereocenters. The predicted octanol–water partition coefficient (Wildman–Crippen LogP) is 4.41. The van der Waals surface area contributed by atoms with Crippen LogP contribution in [0.1, 0.15) is 15.9 Å². The molecule has 0 saturated carbocycles. The summed E-state index contributed by atoms with van der Waals surface area (Å²) in [7, 11) is 0. The van der Waals surface area contributed by atoms with Crippen LogP contribution in [0.25, 0.3) is 11.1 Å². The van der Waals surface area contributed by atoms with Gasteiger partial charge in [0.15, 0.2) is 6.29 Å². The van der Waals surface area contributed by atoms with Crippen LogP contribution < -0.4 is 0 Å². The molecular formula is C14H9ClF2O. The van der Waals surface area contributed by atoms with Gasteiger partial charge in [-0.3, -0.25) is 4.79 Å². The number of hydrogen-bond donors (Lipinski definition) is 0. The molecule has 2 rings (SSSR count). The minimum Gasteiger partial charge on any atom is -0.298 e. The number of halogens is 3. The van der Waals surface area contributed by atoms with Crippen molar-refractivity contribution in [2.75, 3.05) is 0 Å². The van der Waals surface area contributed by atoms with Gasteiger partial charge in [-0.05, 0) is 36.2 Å². The summed E-state index contributed by atoms with van der Waals surface area (Å²) in [5.74, 6) is -1.37. The third kappa shape index (κ3) is 2.14. The zero-order valence-corrected chi connectivity index (χ0v) is 10.3. The van der Waals surface area contributed by atoms with E-state index in [1.807, 2.05) is 0 Å². The lowest BCUT2D eigenvalue weighted by Gasteiger charge is -2.10. The highest BCUT2D eigenvalue weighted by Crippen LogP contribution is 2.31. The van der Waals surface area contributed by atoms with Gasteiger partial charge >= 0.3 is 0 Å². The Morgan fingerprint density at radius 2 is 1.89 bits per heavy atom. The number of aryl methyl sites for hydroxylation is 1. The number of carbonyl (C=O) groups is 1. The summed E-state index contributed by atoms with van der Waals surface area (Å²) >= 11 is 5.75. The monoisotopic (exact) mass is 266 g/mol. The minimum atomic E-state index is -0.705. The van der Waals surface area contributed by atoms with Gasteiger partial charge in [-0.2, -0.15) is 0 Å². The van der Waals surface area contributed by atoms with Crippen LogP contribution in [0.15, 0.2) is 30.3 Å². The Hall–Kier alpha value is -1.74. The van der Waals surface area contributed by atoms with Gasteiger partial charge < -0.3 is 0 Å². The van der Waals surface area contributed by atoms with E-state index < -0.39 is 11.6 Å². The van der Waals surface area contributed by atoms with Gasteiger partial charge in [-0.15, -0.1) is 0 Å². The zero-order valence-electron chi connectivity index (χ0n) is 9.51. The smallest absolute Gasteiger partial charge is 0.150 e. The molecule has 92 valence electrons. The zero-order chi connectivity index (χ0) is 13.3. The lowest BCUT2D eigenvalue weighted by atomic mass is 9.97. The molecule has 0 bridgehead atoms. The molecule has 0 radical (unpaired) electrons. The minimum absolute atomic E-state index is 0.158. The molecule has 18 heavy (non-hydrogen) atoms. The van der Waals surface area contributed by atoms with Crippen LogP contribution in [0.2, 0.25) is 5.02 Å². The van der Waals surface area contributed by atoms with E-state index in [-0.39, 0.29) is 16.7 Å². The Morgan fingerprint density at radius 1 is 1.17 bits per heavy atom. The fourth-order valence-electron chi connectivity index (χ4n) is 1.76. The van der Waals surface area contributed by atoms with E-state index in [2.05, 4.69) is 0 Å². The third-order valence-corrected chi connectivity index (χ3v) is 2.93. The summed E-state index contributed by atoms with van der Waals surface area (Å²) in [4.78, 5) is 11.0. The van der Waals surface area contributed by atoms with Crippen LogP contribution in [-0.2, 0) is 0 Å². The first kappa shape index (κ1) is 12.7. The lowest BCUT2D eigenvalue weighted by molar-refractivity contribution is 0.112. The maximum Gasteiger partial charge on any atom is 0.150 e. The topological polar surface area (TPSA) is 17.1 Å². The highest BCUT2D eigenvalue weighted by molar-refractivity contribution is 6.31. The Labute approximate surface area is 108 Å². The molecule has 0 atom stereocenters. The normalized spacial score (nSPS) is 10.4. The molecule has 0 aliphatic carbocycles. The molecule has 2 aromatic carbocycles. The Morgan fingerprint density at radius 3 is 2.56 bits per heavy atom. The molecule has 0 amide bonds. The van der Waals surface area contributed by atoms with Gasteiger partial charge in [0.1, 0.15) is 11.6 Å². The third-order valence-electron chi connectivity index (χ3n) is 2.69. The van der Waals surface area contributed by atoms with Crippen molar-refractivity contribution in [2.45, 2.75) is 6.92 Å². The fraction of sp³-hybridized carbons (Fsp3) is 0.0714. The quantitative estimate of drug-likeness (QED) is 0.736. The summed E-state index contributed by atoms with van der Waals surface area (Å²) < 4.78 is 27.7. The number of benzene rings is 2. The molecule has 0 aliphatic rings. The van der Waals surface area contributed by atoms with E-state index in [0.29, 0.717) is 16.9 Å². The van der Waals surface area contributed by atoms with Crippen molar-refractivity contribution in [3.63, 3.8) is 0 Å². The van der Waals surface area contributed by atoms with Gasteiger partial charge in [-0.1, -0.05) is 23.7 Å². The number of rotatable bonds is 2. The van der Waals surface area contributed by atoms with Crippen molar-refractivity contribution < 1.29 is 13.6 Å². The fourth-order valence-corrected chi connectivity index (χ4v) is 1.94. The predicted molar refractivity (Wildman–Crippen MR) is 66.9 cm³/mol. The van der Waals surface area contributed by atoms with Crippen molar-refractivity contribution in [3.8, 4) is 11.1 Å². The molecule has 0 spiro atoms. The number of hydrogen-bond acceptors (Lipinski definition) is 1. The van der Waals surface area contributed by atoms with Crippen molar-refractivity contribution in [1.29, 1.82) is 0 Å². The standard InChI is InChI=1S/C14H9ClF2O/c1-8-2-5-12(16)13(14(8)17)11-4-3-10(15)6-9(11)7-18/h2-7H,1H3. The van der Waals surface area contributed by atoms with Crippen LogP contribution in [0.3, 0.4) is 0 Å². The van der Waals surface area contributed by atoms with Gasteiger partial charge in [0.2, 0.25) is 0 Å². The van der Waals surface area contributed by atoms with Crippen molar-refractivity contribution in [2.24, 2.45) is 0 Å². The molecule has 0 saturated heterocycles. The van der Waals surface area contributed by atoms with Crippen molar-refractivity contribution in [3.05, 3.63) is 58.1 Å². The summed E-state index contributed by atoms with van der Waals surface area (Å²) in [6.45, 7) is 1.54.